The maximum absolute atomic E-state index is 12.9. The summed E-state index contributed by atoms with van der Waals surface area (Å²) in [5.74, 6) is 0.137. The zero-order chi connectivity index (χ0) is 21.0. The number of aliphatic hydroxyl groups is 1. The molecule has 0 radical (unpaired) electrons. The minimum atomic E-state index is -3.52. The molecule has 0 amide bonds. The van der Waals surface area contributed by atoms with Gasteiger partial charge in [0.15, 0.2) is 0 Å². The Balaban J connectivity index is 1.73. The predicted octanol–water partition coefficient (Wildman–Crippen LogP) is 3.17. The summed E-state index contributed by atoms with van der Waals surface area (Å²) in [4.78, 5) is 2.38. The summed E-state index contributed by atoms with van der Waals surface area (Å²) < 4.78 is 27.3. The van der Waals surface area contributed by atoms with Crippen LogP contribution in [-0.2, 0) is 10.0 Å². The number of aliphatic hydroxyl groups excluding tert-OH is 1. The van der Waals surface area contributed by atoms with E-state index in [1.807, 2.05) is 19.1 Å². The Morgan fingerprint density at radius 3 is 2.38 bits per heavy atom. The van der Waals surface area contributed by atoms with Gasteiger partial charge in [0.2, 0.25) is 10.0 Å². The molecule has 158 valence electrons. The molecular formula is C20H25Cl2N3O3S. The van der Waals surface area contributed by atoms with Gasteiger partial charge in [0.25, 0.3) is 0 Å². The first-order chi connectivity index (χ1) is 13.8. The Morgan fingerprint density at radius 1 is 1.10 bits per heavy atom. The molecule has 2 aromatic rings. The number of halogens is 2. The van der Waals surface area contributed by atoms with Gasteiger partial charge >= 0.3 is 0 Å². The number of hydrogen-bond donors (Lipinski definition) is 2. The lowest BCUT2D eigenvalue weighted by atomic mass is 10.2. The number of alkyl halides is 1. The topological polar surface area (TPSA) is 72.9 Å². The monoisotopic (exact) mass is 457 g/mol. The normalized spacial score (nSPS) is 16.6. The van der Waals surface area contributed by atoms with E-state index < -0.39 is 16.1 Å². The van der Waals surface area contributed by atoms with Crippen molar-refractivity contribution in [1.29, 1.82) is 0 Å². The molecule has 1 atom stereocenters. The number of hydrogen-bond acceptors (Lipinski definition) is 5. The van der Waals surface area contributed by atoms with Crippen LogP contribution in [0.5, 0.6) is 0 Å². The third-order valence-electron chi connectivity index (χ3n) is 4.91. The molecule has 2 aromatic carbocycles. The van der Waals surface area contributed by atoms with E-state index in [9.17, 15) is 13.5 Å². The first-order valence-corrected chi connectivity index (χ1v) is 11.8. The van der Waals surface area contributed by atoms with E-state index in [1.54, 1.807) is 30.3 Å². The highest BCUT2D eigenvalue weighted by Gasteiger charge is 2.29. The highest BCUT2D eigenvalue weighted by atomic mass is 35.5. The largest absolute Gasteiger partial charge is 0.390 e. The molecule has 0 saturated carbocycles. The smallest absolute Gasteiger partial charge is 0.243 e. The molecule has 1 heterocycles. The molecular weight excluding hydrogens is 433 g/mol. The minimum Gasteiger partial charge on any atom is -0.390 e. The predicted molar refractivity (Wildman–Crippen MR) is 119 cm³/mol. The fourth-order valence-corrected chi connectivity index (χ4v) is 5.10. The maximum Gasteiger partial charge on any atom is 0.243 e. The van der Waals surface area contributed by atoms with Crippen molar-refractivity contribution in [2.45, 2.75) is 17.9 Å². The van der Waals surface area contributed by atoms with Gasteiger partial charge in [-0.2, -0.15) is 4.31 Å². The van der Waals surface area contributed by atoms with E-state index in [1.165, 1.54) is 4.31 Å². The third-order valence-corrected chi connectivity index (χ3v) is 7.48. The average Bonchev–Trinajstić information content (AvgIpc) is 2.72. The number of piperazine rings is 1. The van der Waals surface area contributed by atoms with Crippen LogP contribution in [0.15, 0.2) is 47.4 Å². The molecule has 1 unspecified atom stereocenters. The Hall–Kier alpha value is -1.51. The Kier molecular flexibility index (Phi) is 7.29. The highest BCUT2D eigenvalue weighted by Crippen LogP contribution is 2.35. The zero-order valence-electron chi connectivity index (χ0n) is 16.2. The van der Waals surface area contributed by atoms with Crippen molar-refractivity contribution in [2.24, 2.45) is 0 Å². The first kappa shape index (κ1) is 22.2. The lowest BCUT2D eigenvalue weighted by Gasteiger charge is -2.36. The number of sulfonamides is 1. The summed E-state index contributed by atoms with van der Waals surface area (Å²) in [7, 11) is -3.52. The number of benzene rings is 2. The van der Waals surface area contributed by atoms with Gasteiger partial charge in [-0.05, 0) is 31.2 Å². The van der Waals surface area contributed by atoms with Gasteiger partial charge in [0, 0.05) is 32.7 Å². The van der Waals surface area contributed by atoms with E-state index in [0.29, 0.717) is 42.6 Å². The SMILES string of the molecule is Cc1ccc(S(=O)(=O)N2CCN(c3c(Cl)cccc3NCC(O)CCl)CC2)cc1. The van der Waals surface area contributed by atoms with Crippen LogP contribution in [-0.4, -0.2) is 62.5 Å². The molecule has 3 rings (SSSR count). The van der Waals surface area contributed by atoms with Crippen LogP contribution in [0, 0.1) is 6.92 Å². The zero-order valence-corrected chi connectivity index (χ0v) is 18.5. The molecule has 6 nitrogen and oxygen atoms in total. The van der Waals surface area contributed by atoms with Crippen LogP contribution in [0.25, 0.3) is 0 Å². The van der Waals surface area contributed by atoms with Crippen LogP contribution in [0.3, 0.4) is 0 Å². The fourth-order valence-electron chi connectivity index (χ4n) is 3.27. The number of rotatable bonds is 7. The van der Waals surface area contributed by atoms with E-state index in [-0.39, 0.29) is 5.88 Å². The third kappa shape index (κ3) is 5.16. The maximum atomic E-state index is 12.9. The second-order valence-electron chi connectivity index (χ2n) is 7.03. The summed E-state index contributed by atoms with van der Waals surface area (Å²) >= 11 is 12.1. The number of para-hydroxylation sites is 1. The van der Waals surface area contributed by atoms with Crippen molar-refractivity contribution in [2.75, 3.05) is 48.8 Å². The molecule has 0 spiro atoms. The molecule has 1 aliphatic rings. The second kappa shape index (κ2) is 9.53. The van der Waals surface area contributed by atoms with E-state index in [4.69, 9.17) is 23.2 Å². The van der Waals surface area contributed by atoms with Crippen LogP contribution in [0.1, 0.15) is 5.56 Å². The Bertz CT molecular complexity index is 930. The number of nitrogens with zero attached hydrogens (tertiary/aromatic N) is 2. The number of nitrogens with one attached hydrogen (secondary N) is 1. The molecule has 0 aliphatic carbocycles. The Morgan fingerprint density at radius 2 is 1.76 bits per heavy atom. The summed E-state index contributed by atoms with van der Waals surface area (Å²) in [6.45, 7) is 3.99. The lowest BCUT2D eigenvalue weighted by Crippen LogP contribution is -2.49. The molecule has 9 heteroatoms. The van der Waals surface area contributed by atoms with Crippen molar-refractivity contribution >= 4 is 44.6 Å². The molecule has 1 saturated heterocycles. The van der Waals surface area contributed by atoms with Gasteiger partial charge in [-0.3, -0.25) is 0 Å². The van der Waals surface area contributed by atoms with Gasteiger partial charge < -0.3 is 15.3 Å². The van der Waals surface area contributed by atoms with Gasteiger partial charge in [-0.25, -0.2) is 8.42 Å². The number of aryl methyl sites for hydroxylation is 1. The van der Waals surface area contributed by atoms with Gasteiger partial charge in [-0.15, -0.1) is 11.6 Å². The summed E-state index contributed by atoms with van der Waals surface area (Å²) in [5, 5.41) is 13.5. The quantitative estimate of drug-likeness (QED) is 0.624. The van der Waals surface area contributed by atoms with Crippen LogP contribution in [0.4, 0.5) is 11.4 Å². The molecule has 29 heavy (non-hydrogen) atoms. The van der Waals surface area contributed by atoms with Crippen molar-refractivity contribution in [3.8, 4) is 0 Å². The van der Waals surface area contributed by atoms with Crippen LogP contribution in [0.2, 0.25) is 5.02 Å². The van der Waals surface area contributed by atoms with Gasteiger partial charge in [0.1, 0.15) is 0 Å². The van der Waals surface area contributed by atoms with Crippen LogP contribution >= 0.6 is 23.2 Å². The summed E-state index contributed by atoms with van der Waals surface area (Å²) in [6.07, 6.45) is -0.667. The van der Waals surface area contributed by atoms with Crippen molar-refractivity contribution in [3.63, 3.8) is 0 Å². The standard InChI is InChI=1S/C20H25Cl2N3O3S/c1-15-5-7-17(8-6-15)29(27,28)25-11-9-24(10-12-25)20-18(22)3-2-4-19(20)23-14-16(26)13-21/h2-8,16,23,26H,9-14H2,1H3. The lowest BCUT2D eigenvalue weighted by molar-refractivity contribution is 0.211. The van der Waals surface area contributed by atoms with E-state index >= 15 is 0 Å². The summed E-state index contributed by atoms with van der Waals surface area (Å²) in [5.41, 5.74) is 2.62. The fraction of sp³-hybridized carbons (Fsp3) is 0.400. The molecule has 2 N–H and O–H groups in total. The second-order valence-corrected chi connectivity index (χ2v) is 9.68. The van der Waals surface area contributed by atoms with Gasteiger partial charge in [0.05, 0.1) is 33.3 Å². The molecule has 0 bridgehead atoms. The summed E-state index contributed by atoms with van der Waals surface area (Å²) in [6, 6.07) is 12.4. The molecule has 1 fully saturated rings. The Labute approximate surface area is 182 Å². The molecule has 0 aromatic heterocycles. The van der Waals surface area contributed by atoms with E-state index in [2.05, 4.69) is 10.2 Å². The van der Waals surface area contributed by atoms with Crippen molar-refractivity contribution in [3.05, 3.63) is 53.1 Å². The van der Waals surface area contributed by atoms with E-state index in [0.717, 1.165) is 16.9 Å². The van der Waals surface area contributed by atoms with Crippen molar-refractivity contribution < 1.29 is 13.5 Å². The van der Waals surface area contributed by atoms with Crippen molar-refractivity contribution in [1.82, 2.24) is 4.31 Å². The highest BCUT2D eigenvalue weighted by molar-refractivity contribution is 7.89. The first-order valence-electron chi connectivity index (χ1n) is 9.41. The van der Waals surface area contributed by atoms with Gasteiger partial charge in [-0.1, -0.05) is 35.4 Å². The average molecular weight is 458 g/mol. The minimum absolute atomic E-state index is 0.137. The number of anilines is 2. The molecule has 1 aliphatic heterocycles. The van der Waals surface area contributed by atoms with Crippen LogP contribution < -0.4 is 10.2 Å².